The molecule has 9 heteroatoms. The van der Waals surface area contributed by atoms with Crippen molar-refractivity contribution in [2.45, 2.75) is 44.6 Å². The third-order valence-electron chi connectivity index (χ3n) is 5.68. The maximum atomic E-state index is 13.7. The first-order chi connectivity index (χ1) is 15.9. The normalized spacial score (nSPS) is 22.2. The summed E-state index contributed by atoms with van der Waals surface area (Å²) in [6.45, 7) is 2.44. The Kier molecular flexibility index (Phi) is 6.88. The lowest BCUT2D eigenvalue weighted by Gasteiger charge is -2.25. The van der Waals surface area contributed by atoms with Gasteiger partial charge in [-0.2, -0.15) is 0 Å². The van der Waals surface area contributed by atoms with Crippen molar-refractivity contribution in [3.8, 4) is 0 Å². The number of carbonyl (C=O) groups is 3. The number of cyclic esters (lactones) is 1. The van der Waals surface area contributed by atoms with E-state index in [4.69, 9.17) is 9.47 Å². The fraction of sp³-hybridized carbons (Fsp3) is 0.375. The van der Waals surface area contributed by atoms with Gasteiger partial charge in [0.25, 0.3) is 0 Å². The first kappa shape index (κ1) is 22.7. The molecule has 0 radical (unpaired) electrons. The van der Waals surface area contributed by atoms with Gasteiger partial charge in [-0.3, -0.25) is 14.5 Å². The molecule has 0 aliphatic carbocycles. The number of benzene rings is 2. The van der Waals surface area contributed by atoms with Crippen LogP contribution in [-0.4, -0.2) is 48.1 Å². The van der Waals surface area contributed by atoms with E-state index in [-0.39, 0.29) is 24.5 Å². The Morgan fingerprint density at radius 2 is 1.97 bits per heavy atom. The van der Waals surface area contributed by atoms with Crippen LogP contribution in [-0.2, 0) is 25.6 Å². The number of hydrogen-bond acceptors (Lipinski definition) is 5. The van der Waals surface area contributed by atoms with Gasteiger partial charge in [0.2, 0.25) is 11.8 Å². The number of hydrogen-bond donors (Lipinski definition) is 2. The highest BCUT2D eigenvalue weighted by Gasteiger charge is 2.47. The first-order valence-electron chi connectivity index (χ1n) is 10.9. The lowest BCUT2D eigenvalue weighted by molar-refractivity contribution is -0.126. The molecule has 0 spiro atoms. The minimum atomic E-state index is -0.950. The van der Waals surface area contributed by atoms with E-state index in [1.807, 2.05) is 0 Å². The van der Waals surface area contributed by atoms with Crippen molar-refractivity contribution in [1.82, 2.24) is 10.2 Å². The highest BCUT2D eigenvalue weighted by Crippen LogP contribution is 2.34. The molecule has 174 valence electrons. The summed E-state index contributed by atoms with van der Waals surface area (Å²) in [6, 6.07) is 11.7. The van der Waals surface area contributed by atoms with Gasteiger partial charge in [0, 0.05) is 25.8 Å². The van der Waals surface area contributed by atoms with Crippen molar-refractivity contribution in [3.63, 3.8) is 0 Å². The molecule has 4 rings (SSSR count). The topological polar surface area (TPSA) is 97.0 Å². The van der Waals surface area contributed by atoms with E-state index in [1.54, 1.807) is 36.4 Å². The van der Waals surface area contributed by atoms with Crippen molar-refractivity contribution in [2.24, 2.45) is 0 Å². The van der Waals surface area contributed by atoms with Crippen LogP contribution in [0.4, 0.5) is 14.9 Å². The lowest BCUT2D eigenvalue weighted by Crippen LogP contribution is -2.47. The maximum absolute atomic E-state index is 13.7. The third-order valence-corrected chi connectivity index (χ3v) is 5.68. The van der Waals surface area contributed by atoms with Crippen LogP contribution in [0.15, 0.2) is 48.5 Å². The van der Waals surface area contributed by atoms with Gasteiger partial charge in [0.05, 0.1) is 12.6 Å². The summed E-state index contributed by atoms with van der Waals surface area (Å²) in [6.07, 6.45) is 0.232. The standard InChI is InChI=1S/C24H26FN3O5/c1-15(29)27-19-9-7-17(8-10-19)22-21(23(30)26-13-20-6-3-11-32-20)28(24(31)33-22)14-16-4-2-5-18(25)12-16/h2,4-5,7-10,12,20-22H,3,6,11,13-14H2,1H3,(H,26,30)(H,27,29)/t20-,21-,22+/m1/s1. The number of nitrogens with zero attached hydrogens (tertiary/aromatic N) is 1. The van der Waals surface area contributed by atoms with E-state index in [1.165, 1.54) is 24.0 Å². The van der Waals surface area contributed by atoms with Gasteiger partial charge in [0.15, 0.2) is 12.1 Å². The minimum Gasteiger partial charge on any atom is -0.438 e. The number of carbonyl (C=O) groups excluding carboxylic acids is 3. The van der Waals surface area contributed by atoms with E-state index in [9.17, 15) is 18.8 Å². The molecule has 0 bridgehead atoms. The maximum Gasteiger partial charge on any atom is 0.411 e. The summed E-state index contributed by atoms with van der Waals surface area (Å²) in [7, 11) is 0. The Balaban J connectivity index is 1.57. The smallest absolute Gasteiger partial charge is 0.411 e. The third kappa shape index (κ3) is 5.48. The molecule has 2 aliphatic heterocycles. The van der Waals surface area contributed by atoms with Gasteiger partial charge in [-0.15, -0.1) is 0 Å². The molecule has 2 fully saturated rings. The highest BCUT2D eigenvalue weighted by atomic mass is 19.1. The van der Waals surface area contributed by atoms with Crippen molar-refractivity contribution in [1.29, 1.82) is 0 Å². The Bertz CT molecular complexity index is 1020. The molecule has 3 amide bonds. The Hall–Kier alpha value is -3.46. The van der Waals surface area contributed by atoms with Crippen molar-refractivity contribution in [2.75, 3.05) is 18.5 Å². The van der Waals surface area contributed by atoms with Gasteiger partial charge in [-0.05, 0) is 48.2 Å². The summed E-state index contributed by atoms with van der Waals surface area (Å²) in [5.74, 6) is -1.00. The van der Waals surface area contributed by atoms with Gasteiger partial charge in [-0.25, -0.2) is 9.18 Å². The molecule has 2 aliphatic rings. The molecular formula is C24H26FN3O5. The molecule has 2 aromatic rings. The summed E-state index contributed by atoms with van der Waals surface area (Å²) >= 11 is 0. The molecule has 2 N–H and O–H groups in total. The molecule has 0 aromatic heterocycles. The molecule has 2 heterocycles. The fourth-order valence-electron chi connectivity index (χ4n) is 4.13. The average Bonchev–Trinajstić information content (AvgIpc) is 3.41. The summed E-state index contributed by atoms with van der Waals surface area (Å²) in [5.41, 5.74) is 1.74. The minimum absolute atomic E-state index is 0.0229. The summed E-state index contributed by atoms with van der Waals surface area (Å²) in [5, 5.41) is 5.56. The van der Waals surface area contributed by atoms with Crippen molar-refractivity contribution < 1.29 is 28.2 Å². The van der Waals surface area contributed by atoms with Crippen LogP contribution in [0, 0.1) is 5.82 Å². The zero-order valence-electron chi connectivity index (χ0n) is 18.3. The molecule has 3 atom stereocenters. The number of anilines is 1. The lowest BCUT2D eigenvalue weighted by atomic mass is 10.00. The molecule has 0 unspecified atom stereocenters. The number of halogens is 1. The molecular weight excluding hydrogens is 429 g/mol. The number of amides is 3. The van der Waals surface area contributed by atoms with Crippen LogP contribution in [0.3, 0.4) is 0 Å². The Labute approximate surface area is 191 Å². The van der Waals surface area contributed by atoms with Crippen molar-refractivity contribution >= 4 is 23.6 Å². The van der Waals surface area contributed by atoms with Gasteiger partial charge in [0.1, 0.15) is 5.82 Å². The Morgan fingerprint density at radius 3 is 2.64 bits per heavy atom. The van der Waals surface area contributed by atoms with Gasteiger partial charge in [-0.1, -0.05) is 24.3 Å². The van der Waals surface area contributed by atoms with Crippen LogP contribution < -0.4 is 10.6 Å². The number of ether oxygens (including phenoxy) is 2. The molecule has 0 saturated carbocycles. The largest absolute Gasteiger partial charge is 0.438 e. The predicted molar refractivity (Wildman–Crippen MR) is 118 cm³/mol. The monoisotopic (exact) mass is 455 g/mol. The molecule has 33 heavy (non-hydrogen) atoms. The Morgan fingerprint density at radius 1 is 1.18 bits per heavy atom. The fourth-order valence-corrected chi connectivity index (χ4v) is 4.13. The van der Waals surface area contributed by atoms with E-state index in [0.717, 1.165) is 12.8 Å². The summed E-state index contributed by atoms with van der Waals surface area (Å²) in [4.78, 5) is 38.6. The van der Waals surface area contributed by atoms with E-state index in [0.29, 0.717) is 30.0 Å². The van der Waals surface area contributed by atoms with Crippen LogP contribution in [0.5, 0.6) is 0 Å². The molecule has 2 saturated heterocycles. The zero-order valence-corrected chi connectivity index (χ0v) is 18.3. The average molecular weight is 455 g/mol. The van der Waals surface area contributed by atoms with Gasteiger partial charge >= 0.3 is 6.09 Å². The second-order valence-electron chi connectivity index (χ2n) is 8.19. The predicted octanol–water partition coefficient (Wildman–Crippen LogP) is 3.14. The van der Waals surface area contributed by atoms with Crippen LogP contribution in [0.1, 0.15) is 37.0 Å². The van der Waals surface area contributed by atoms with Crippen LogP contribution in [0.2, 0.25) is 0 Å². The summed E-state index contributed by atoms with van der Waals surface area (Å²) < 4.78 is 24.9. The van der Waals surface area contributed by atoms with Gasteiger partial charge < -0.3 is 20.1 Å². The van der Waals surface area contributed by atoms with E-state index in [2.05, 4.69) is 10.6 Å². The second kappa shape index (κ2) is 9.99. The zero-order chi connectivity index (χ0) is 23.4. The van der Waals surface area contributed by atoms with Crippen molar-refractivity contribution in [3.05, 3.63) is 65.5 Å². The molecule has 8 nitrogen and oxygen atoms in total. The number of nitrogens with one attached hydrogen (secondary N) is 2. The second-order valence-corrected chi connectivity index (χ2v) is 8.19. The highest BCUT2D eigenvalue weighted by molar-refractivity contribution is 5.90. The quantitative estimate of drug-likeness (QED) is 0.669. The van der Waals surface area contributed by atoms with Crippen LogP contribution >= 0.6 is 0 Å². The van der Waals surface area contributed by atoms with E-state index >= 15 is 0 Å². The SMILES string of the molecule is CC(=O)Nc1ccc([C@@H]2OC(=O)N(Cc3cccc(F)c3)[C@H]2C(=O)NC[C@H]2CCCO2)cc1. The van der Waals surface area contributed by atoms with Crippen LogP contribution in [0.25, 0.3) is 0 Å². The van der Waals surface area contributed by atoms with E-state index < -0.39 is 24.1 Å². The molecule has 2 aromatic carbocycles. The first-order valence-corrected chi connectivity index (χ1v) is 10.9. The number of rotatable bonds is 7.